The van der Waals surface area contributed by atoms with Gasteiger partial charge in [-0.2, -0.15) is 13.2 Å². The minimum absolute atomic E-state index is 0.0968. The Morgan fingerprint density at radius 3 is 2.45 bits per heavy atom. The third kappa shape index (κ3) is 7.33. The number of aryl methyl sites for hydroxylation is 1. The van der Waals surface area contributed by atoms with Crippen molar-refractivity contribution in [2.45, 2.75) is 24.4 Å². The van der Waals surface area contributed by atoms with Gasteiger partial charge in [0.05, 0.1) is 22.6 Å². The van der Waals surface area contributed by atoms with E-state index in [0.717, 1.165) is 18.2 Å². The highest BCUT2D eigenvalue weighted by Gasteiger charge is 2.31. The minimum atomic E-state index is -4.71. The third-order valence-electron chi connectivity index (χ3n) is 3.86. The Morgan fingerprint density at radius 1 is 1.10 bits per heavy atom. The first-order valence-corrected chi connectivity index (χ1v) is 10.3. The van der Waals surface area contributed by atoms with Crippen molar-refractivity contribution in [1.82, 2.24) is 4.72 Å². The second-order valence-corrected chi connectivity index (χ2v) is 8.13. The Kier molecular flexibility index (Phi) is 7.74. The summed E-state index contributed by atoms with van der Waals surface area (Å²) in [5, 5.41) is 2.22. The smallest absolute Gasteiger partial charge is 0.416 e. The highest BCUT2D eigenvalue weighted by atomic mass is 32.2. The number of halogens is 4. The van der Waals surface area contributed by atoms with Gasteiger partial charge in [-0.1, -0.05) is 12.1 Å². The number of benzene rings is 2. The van der Waals surface area contributed by atoms with Crippen molar-refractivity contribution >= 4 is 27.6 Å². The lowest BCUT2D eigenvalue weighted by Crippen LogP contribution is -2.28. The highest BCUT2D eigenvalue weighted by molar-refractivity contribution is 7.89. The molecule has 0 heterocycles. The van der Waals surface area contributed by atoms with Crippen molar-refractivity contribution in [3.63, 3.8) is 0 Å². The molecule has 0 aromatic heterocycles. The number of rotatable bonds is 8. The normalized spacial score (nSPS) is 11.8. The largest absolute Gasteiger partial charge is 0.456 e. The number of carbonyl (C=O) groups is 2. The number of hydrogen-bond acceptors (Lipinski definition) is 5. The summed E-state index contributed by atoms with van der Waals surface area (Å²) in [7, 11) is -4.30. The molecule has 0 fully saturated rings. The summed E-state index contributed by atoms with van der Waals surface area (Å²) in [6, 6.07) is 7.23. The van der Waals surface area contributed by atoms with E-state index in [1.807, 2.05) is 4.72 Å². The second-order valence-electron chi connectivity index (χ2n) is 6.37. The quantitative estimate of drug-likeness (QED) is 0.464. The van der Waals surface area contributed by atoms with Crippen LogP contribution < -0.4 is 10.0 Å². The molecule has 0 spiro atoms. The fraction of sp³-hybridized carbons (Fsp3) is 0.263. The summed E-state index contributed by atoms with van der Waals surface area (Å²) in [6.07, 6.45) is -5.19. The minimum Gasteiger partial charge on any atom is -0.456 e. The van der Waals surface area contributed by atoms with Gasteiger partial charge >= 0.3 is 12.1 Å². The van der Waals surface area contributed by atoms with Crippen molar-refractivity contribution < 1.29 is 40.3 Å². The monoisotopic (exact) mass is 462 g/mol. The summed E-state index contributed by atoms with van der Waals surface area (Å²) in [5.74, 6) is -2.41. The molecular formula is C19H18F4N2O5S. The maximum absolute atomic E-state index is 13.7. The molecule has 0 saturated carbocycles. The van der Waals surface area contributed by atoms with Gasteiger partial charge in [0.15, 0.2) is 6.61 Å². The molecule has 0 saturated heterocycles. The van der Waals surface area contributed by atoms with Crippen molar-refractivity contribution in [2.24, 2.45) is 0 Å². The Morgan fingerprint density at radius 2 is 1.81 bits per heavy atom. The lowest BCUT2D eigenvalue weighted by Gasteiger charge is -2.10. The average molecular weight is 462 g/mol. The predicted octanol–water partition coefficient (Wildman–Crippen LogP) is 3.00. The predicted molar refractivity (Wildman–Crippen MR) is 102 cm³/mol. The van der Waals surface area contributed by atoms with Crippen LogP contribution >= 0.6 is 0 Å². The summed E-state index contributed by atoms with van der Waals surface area (Å²) >= 11 is 0. The molecule has 168 valence electrons. The molecule has 0 aliphatic carbocycles. The Labute approximate surface area is 175 Å². The van der Waals surface area contributed by atoms with E-state index >= 15 is 0 Å². The highest BCUT2D eigenvalue weighted by Crippen LogP contribution is 2.30. The van der Waals surface area contributed by atoms with Gasteiger partial charge < -0.3 is 10.1 Å². The van der Waals surface area contributed by atoms with E-state index in [1.54, 1.807) is 13.0 Å². The SMILES string of the molecule is Cc1ccc(NC(=O)COC(=O)CCNS(=O)(=O)c2cccc(C(F)(F)F)c2)c(F)c1. The maximum Gasteiger partial charge on any atom is 0.416 e. The first-order valence-electron chi connectivity index (χ1n) is 8.77. The van der Waals surface area contributed by atoms with Crippen molar-refractivity contribution in [1.29, 1.82) is 0 Å². The van der Waals surface area contributed by atoms with E-state index in [2.05, 4.69) is 10.1 Å². The van der Waals surface area contributed by atoms with Crippen LogP contribution in [0.1, 0.15) is 17.5 Å². The molecule has 0 aliphatic heterocycles. The molecular weight excluding hydrogens is 444 g/mol. The number of sulfonamides is 1. The first kappa shape index (κ1) is 24.3. The summed E-state index contributed by atoms with van der Waals surface area (Å²) in [4.78, 5) is 22.8. The molecule has 12 heteroatoms. The zero-order valence-electron chi connectivity index (χ0n) is 16.1. The molecule has 2 rings (SSSR count). The van der Waals surface area contributed by atoms with Crippen molar-refractivity contribution in [2.75, 3.05) is 18.5 Å². The number of alkyl halides is 3. The molecule has 0 atom stereocenters. The fourth-order valence-corrected chi connectivity index (χ4v) is 3.41. The standard InChI is InChI=1S/C19H18F4N2O5S/c1-12-5-6-16(15(20)9-12)25-17(26)11-30-18(27)7-8-24-31(28,29)14-4-2-3-13(10-14)19(21,22)23/h2-6,9-10,24H,7-8,11H2,1H3,(H,25,26). The molecule has 2 aromatic rings. The zero-order valence-corrected chi connectivity index (χ0v) is 16.9. The van der Waals surface area contributed by atoms with Gasteiger partial charge in [0.2, 0.25) is 10.0 Å². The molecule has 31 heavy (non-hydrogen) atoms. The first-order chi connectivity index (χ1) is 14.4. The number of amides is 1. The summed E-state index contributed by atoms with van der Waals surface area (Å²) in [6.45, 7) is 0.468. The molecule has 2 N–H and O–H groups in total. The lowest BCUT2D eigenvalue weighted by molar-refractivity contribution is -0.147. The van der Waals surface area contributed by atoms with Crippen molar-refractivity contribution in [3.8, 4) is 0 Å². The topological polar surface area (TPSA) is 102 Å². The van der Waals surface area contributed by atoms with Gasteiger partial charge in [0.1, 0.15) is 5.82 Å². The second kappa shape index (κ2) is 9.88. The molecule has 7 nitrogen and oxygen atoms in total. The number of esters is 1. The Hall–Kier alpha value is -2.99. The Bertz CT molecular complexity index is 1070. The van der Waals surface area contributed by atoms with E-state index in [9.17, 15) is 35.6 Å². The molecule has 0 unspecified atom stereocenters. The van der Waals surface area contributed by atoms with Crippen LogP contribution in [-0.2, 0) is 30.5 Å². The summed E-state index contributed by atoms with van der Waals surface area (Å²) < 4.78 is 82.6. The summed E-state index contributed by atoms with van der Waals surface area (Å²) in [5.41, 5.74) is -0.583. The molecule has 0 radical (unpaired) electrons. The fourth-order valence-electron chi connectivity index (χ4n) is 2.34. The van der Waals surface area contributed by atoms with Gasteiger partial charge in [-0.05, 0) is 42.8 Å². The number of ether oxygens (including phenoxy) is 1. The van der Waals surface area contributed by atoms with Crippen LogP contribution in [0.15, 0.2) is 47.4 Å². The zero-order chi connectivity index (χ0) is 23.2. The van der Waals surface area contributed by atoms with E-state index in [-0.39, 0.29) is 5.69 Å². The van der Waals surface area contributed by atoms with Crippen molar-refractivity contribution in [3.05, 3.63) is 59.4 Å². The van der Waals surface area contributed by atoms with Crippen LogP contribution in [0.5, 0.6) is 0 Å². The number of carbonyl (C=O) groups excluding carboxylic acids is 2. The number of nitrogens with one attached hydrogen (secondary N) is 2. The maximum atomic E-state index is 13.7. The van der Waals surface area contributed by atoms with E-state index in [4.69, 9.17) is 0 Å². The van der Waals surface area contributed by atoms with Crippen LogP contribution in [-0.4, -0.2) is 33.4 Å². The van der Waals surface area contributed by atoms with E-state index < -0.39 is 63.9 Å². The number of hydrogen-bond donors (Lipinski definition) is 2. The van der Waals surface area contributed by atoms with Crippen LogP contribution in [0.4, 0.5) is 23.2 Å². The molecule has 2 aromatic carbocycles. The molecule has 1 amide bonds. The van der Waals surface area contributed by atoms with E-state index in [1.165, 1.54) is 12.1 Å². The van der Waals surface area contributed by atoms with Gasteiger partial charge in [-0.3, -0.25) is 9.59 Å². The van der Waals surface area contributed by atoms with Crippen LogP contribution in [0.2, 0.25) is 0 Å². The van der Waals surface area contributed by atoms with Gasteiger partial charge in [-0.25, -0.2) is 17.5 Å². The lowest BCUT2D eigenvalue weighted by atomic mass is 10.2. The Balaban J connectivity index is 1.81. The van der Waals surface area contributed by atoms with Crippen LogP contribution in [0, 0.1) is 12.7 Å². The molecule has 0 bridgehead atoms. The van der Waals surface area contributed by atoms with Gasteiger partial charge in [-0.15, -0.1) is 0 Å². The van der Waals surface area contributed by atoms with E-state index in [0.29, 0.717) is 11.6 Å². The third-order valence-corrected chi connectivity index (χ3v) is 5.31. The van der Waals surface area contributed by atoms with Crippen LogP contribution in [0.3, 0.4) is 0 Å². The molecule has 0 aliphatic rings. The van der Waals surface area contributed by atoms with Gasteiger partial charge in [0, 0.05) is 6.54 Å². The van der Waals surface area contributed by atoms with Gasteiger partial charge in [0.25, 0.3) is 5.91 Å². The average Bonchev–Trinajstić information content (AvgIpc) is 2.68. The number of anilines is 1. The van der Waals surface area contributed by atoms with Crippen LogP contribution in [0.25, 0.3) is 0 Å².